The Hall–Kier alpha value is -0.870. The molecule has 0 saturated heterocycles. The van der Waals surface area contributed by atoms with Crippen LogP contribution in [0.4, 0.5) is 0 Å². The second-order valence-electron chi connectivity index (χ2n) is 6.07. The maximum absolute atomic E-state index is 11.6. The number of carbonyl (C=O) groups excluding carboxylic acids is 1. The van der Waals surface area contributed by atoms with Gasteiger partial charge in [0.2, 0.25) is 5.91 Å². The quantitative estimate of drug-likeness (QED) is 0.283. The molecule has 0 fully saturated rings. The molecule has 0 saturated carbocycles. The summed E-state index contributed by atoms with van der Waals surface area (Å²) in [7, 11) is 0. The maximum atomic E-state index is 11.6. The summed E-state index contributed by atoms with van der Waals surface area (Å²) in [6.07, 6.45) is 16.3. The highest BCUT2D eigenvalue weighted by molar-refractivity contribution is 5.75. The van der Waals surface area contributed by atoms with Crippen LogP contribution < -0.4 is 10.6 Å². The van der Waals surface area contributed by atoms with Crippen molar-refractivity contribution in [3.8, 4) is 0 Å². The number of aliphatic hydroxyl groups excluding tert-OH is 1. The fourth-order valence-electron chi connectivity index (χ4n) is 2.41. The van der Waals surface area contributed by atoms with Crippen LogP contribution in [0.3, 0.4) is 0 Å². The number of aliphatic hydroxyl groups is 1. The fraction of sp³-hybridized carbons (Fsp3) is 0.842. The van der Waals surface area contributed by atoms with E-state index in [0.717, 1.165) is 51.7 Å². The van der Waals surface area contributed by atoms with Crippen molar-refractivity contribution >= 4 is 5.91 Å². The summed E-state index contributed by atoms with van der Waals surface area (Å²) in [4.78, 5) is 11.6. The molecule has 1 amide bonds. The van der Waals surface area contributed by atoms with Crippen molar-refractivity contribution in [2.75, 3.05) is 26.2 Å². The lowest BCUT2D eigenvalue weighted by atomic mass is 10.1. The second-order valence-corrected chi connectivity index (χ2v) is 6.07. The number of unbranched alkanes of at least 4 members (excludes halogenated alkanes) is 7. The van der Waals surface area contributed by atoms with Gasteiger partial charge in [-0.1, -0.05) is 51.2 Å². The average Bonchev–Trinajstić information content (AvgIpc) is 2.55. The zero-order valence-electron chi connectivity index (χ0n) is 15.1. The van der Waals surface area contributed by atoms with E-state index >= 15 is 0 Å². The maximum Gasteiger partial charge on any atom is 0.220 e. The highest BCUT2D eigenvalue weighted by Crippen LogP contribution is 2.06. The van der Waals surface area contributed by atoms with Crippen LogP contribution in [-0.4, -0.2) is 37.3 Å². The van der Waals surface area contributed by atoms with Crippen LogP contribution in [0.1, 0.15) is 77.6 Å². The number of carbonyl (C=O) groups is 1. The lowest BCUT2D eigenvalue weighted by molar-refractivity contribution is -0.121. The van der Waals surface area contributed by atoms with Gasteiger partial charge in [-0.25, -0.2) is 0 Å². The molecule has 23 heavy (non-hydrogen) atoms. The van der Waals surface area contributed by atoms with Gasteiger partial charge in [-0.2, -0.15) is 0 Å². The Kier molecular flexibility index (Phi) is 18.5. The van der Waals surface area contributed by atoms with Crippen LogP contribution in [0.15, 0.2) is 12.2 Å². The van der Waals surface area contributed by atoms with Crippen molar-refractivity contribution in [1.29, 1.82) is 0 Å². The molecule has 0 spiro atoms. The number of nitrogens with one attached hydrogen (secondary N) is 2. The topological polar surface area (TPSA) is 61.4 Å². The summed E-state index contributed by atoms with van der Waals surface area (Å²) in [5.41, 5.74) is 0. The van der Waals surface area contributed by atoms with Crippen molar-refractivity contribution < 1.29 is 9.90 Å². The SMILES string of the molecule is CC/C=C/CCCC(=O)NCCNCCCCCCCCCO. The Balaban J connectivity index is 3.14. The van der Waals surface area contributed by atoms with Gasteiger partial charge >= 0.3 is 0 Å². The Morgan fingerprint density at radius 1 is 0.870 bits per heavy atom. The lowest BCUT2D eigenvalue weighted by Gasteiger charge is -2.07. The van der Waals surface area contributed by atoms with Gasteiger partial charge in [0.15, 0.2) is 0 Å². The standard InChI is InChI=1S/C19H38N2O2/c1-2-3-4-8-11-14-19(23)21-17-16-20-15-12-9-6-5-7-10-13-18-22/h3-4,20,22H,2,5-18H2,1H3,(H,21,23)/b4-3+. The normalized spacial score (nSPS) is 11.2. The molecule has 0 aromatic rings. The molecular formula is C19H38N2O2. The van der Waals surface area contributed by atoms with Crippen LogP contribution in [-0.2, 0) is 4.79 Å². The second kappa shape index (κ2) is 19.2. The molecule has 4 nitrogen and oxygen atoms in total. The van der Waals surface area contributed by atoms with Crippen molar-refractivity contribution in [2.45, 2.75) is 77.6 Å². The number of amides is 1. The Morgan fingerprint density at radius 2 is 1.57 bits per heavy atom. The molecular weight excluding hydrogens is 288 g/mol. The lowest BCUT2D eigenvalue weighted by Crippen LogP contribution is -2.32. The number of hydrogen-bond acceptors (Lipinski definition) is 3. The van der Waals surface area contributed by atoms with Crippen LogP contribution in [0.25, 0.3) is 0 Å². The Bertz CT molecular complexity index is 281. The predicted octanol–water partition coefficient (Wildman–Crippen LogP) is 3.55. The highest BCUT2D eigenvalue weighted by Gasteiger charge is 1.99. The van der Waals surface area contributed by atoms with Gasteiger partial charge in [0.25, 0.3) is 0 Å². The first-order chi connectivity index (χ1) is 11.3. The first-order valence-corrected chi connectivity index (χ1v) is 9.54. The molecule has 0 radical (unpaired) electrons. The zero-order chi connectivity index (χ0) is 17.0. The summed E-state index contributed by atoms with van der Waals surface area (Å²) in [5, 5.41) is 15.0. The molecule has 0 aliphatic rings. The number of rotatable bonds is 17. The van der Waals surface area contributed by atoms with E-state index in [2.05, 4.69) is 29.7 Å². The largest absolute Gasteiger partial charge is 0.396 e. The van der Waals surface area contributed by atoms with Crippen LogP contribution in [0, 0.1) is 0 Å². The Labute approximate surface area is 143 Å². The van der Waals surface area contributed by atoms with Crippen molar-refractivity contribution in [2.24, 2.45) is 0 Å². The molecule has 0 rings (SSSR count). The minimum absolute atomic E-state index is 0.166. The summed E-state index contributed by atoms with van der Waals surface area (Å²) >= 11 is 0. The van der Waals surface area contributed by atoms with E-state index in [-0.39, 0.29) is 5.91 Å². The third kappa shape index (κ3) is 19.1. The predicted molar refractivity (Wildman–Crippen MR) is 98.6 cm³/mol. The van der Waals surface area contributed by atoms with Gasteiger partial charge < -0.3 is 15.7 Å². The molecule has 4 heteroatoms. The molecule has 0 aromatic heterocycles. The fourth-order valence-corrected chi connectivity index (χ4v) is 2.41. The van der Waals surface area contributed by atoms with Gasteiger partial charge in [0, 0.05) is 26.1 Å². The zero-order valence-corrected chi connectivity index (χ0v) is 15.1. The number of hydrogen-bond donors (Lipinski definition) is 3. The minimum atomic E-state index is 0.166. The van der Waals surface area contributed by atoms with E-state index in [1.54, 1.807) is 0 Å². The van der Waals surface area contributed by atoms with Crippen molar-refractivity contribution in [3.05, 3.63) is 12.2 Å². The van der Waals surface area contributed by atoms with Crippen molar-refractivity contribution in [3.63, 3.8) is 0 Å². The summed E-state index contributed by atoms with van der Waals surface area (Å²) in [6.45, 7) is 5.07. The van der Waals surface area contributed by atoms with Gasteiger partial charge in [0.1, 0.15) is 0 Å². The minimum Gasteiger partial charge on any atom is -0.396 e. The van der Waals surface area contributed by atoms with Gasteiger partial charge in [-0.05, 0) is 38.6 Å². The van der Waals surface area contributed by atoms with E-state index in [4.69, 9.17) is 5.11 Å². The van der Waals surface area contributed by atoms with Crippen LogP contribution in [0.5, 0.6) is 0 Å². The summed E-state index contributed by atoms with van der Waals surface area (Å²) < 4.78 is 0. The Morgan fingerprint density at radius 3 is 2.26 bits per heavy atom. The monoisotopic (exact) mass is 326 g/mol. The molecule has 0 bridgehead atoms. The van der Waals surface area contributed by atoms with E-state index < -0.39 is 0 Å². The van der Waals surface area contributed by atoms with E-state index in [9.17, 15) is 4.79 Å². The molecule has 0 heterocycles. The molecule has 0 aliphatic heterocycles. The average molecular weight is 327 g/mol. The molecule has 136 valence electrons. The van der Waals surface area contributed by atoms with Crippen molar-refractivity contribution in [1.82, 2.24) is 10.6 Å². The molecule has 0 aliphatic carbocycles. The van der Waals surface area contributed by atoms with Crippen LogP contribution >= 0.6 is 0 Å². The first kappa shape index (κ1) is 22.1. The third-order valence-electron chi connectivity index (χ3n) is 3.81. The smallest absolute Gasteiger partial charge is 0.220 e. The van der Waals surface area contributed by atoms with Crippen LogP contribution in [0.2, 0.25) is 0 Å². The van der Waals surface area contributed by atoms with Gasteiger partial charge in [0.05, 0.1) is 0 Å². The molecule has 0 atom stereocenters. The molecule has 0 aromatic carbocycles. The first-order valence-electron chi connectivity index (χ1n) is 9.54. The third-order valence-corrected chi connectivity index (χ3v) is 3.81. The highest BCUT2D eigenvalue weighted by atomic mass is 16.2. The van der Waals surface area contributed by atoms with E-state index in [1.807, 2.05) is 0 Å². The molecule has 3 N–H and O–H groups in total. The van der Waals surface area contributed by atoms with Gasteiger partial charge in [-0.15, -0.1) is 0 Å². The van der Waals surface area contributed by atoms with Gasteiger partial charge in [-0.3, -0.25) is 4.79 Å². The number of allylic oxidation sites excluding steroid dienone is 2. The summed E-state index contributed by atoms with van der Waals surface area (Å²) in [5.74, 6) is 0.166. The van der Waals surface area contributed by atoms with E-state index in [1.165, 1.54) is 32.1 Å². The summed E-state index contributed by atoms with van der Waals surface area (Å²) in [6, 6.07) is 0. The molecule has 0 unspecified atom stereocenters. The van der Waals surface area contributed by atoms with E-state index in [0.29, 0.717) is 13.0 Å².